The summed E-state index contributed by atoms with van der Waals surface area (Å²) >= 11 is 0. The molecule has 0 fully saturated rings. The number of rotatable bonds is 6. The summed E-state index contributed by atoms with van der Waals surface area (Å²) in [5.41, 5.74) is 1.56. The number of ether oxygens (including phenoxy) is 1. The Kier molecular flexibility index (Phi) is 4.58. The van der Waals surface area contributed by atoms with Crippen LogP contribution < -0.4 is 5.32 Å². The van der Waals surface area contributed by atoms with Crippen LogP contribution in [0.2, 0.25) is 0 Å². The molecule has 2 N–H and O–H groups in total. The average molecular weight is 260 g/mol. The molecule has 0 aliphatic rings. The van der Waals surface area contributed by atoms with Gasteiger partial charge in [-0.25, -0.2) is 0 Å². The van der Waals surface area contributed by atoms with Crippen molar-refractivity contribution < 1.29 is 9.53 Å². The normalized spacial score (nSPS) is 12.5. The van der Waals surface area contributed by atoms with E-state index in [0.717, 1.165) is 23.7 Å². The third kappa shape index (κ3) is 3.15. The van der Waals surface area contributed by atoms with E-state index in [-0.39, 0.29) is 11.9 Å². The van der Waals surface area contributed by atoms with Gasteiger partial charge in [0.2, 0.25) is 0 Å². The van der Waals surface area contributed by atoms with Gasteiger partial charge in [0.25, 0.3) is 5.91 Å². The van der Waals surface area contributed by atoms with Gasteiger partial charge in [-0.1, -0.05) is 25.5 Å². The van der Waals surface area contributed by atoms with Gasteiger partial charge in [0.05, 0.1) is 23.7 Å². The topological polar surface area (TPSA) is 54.1 Å². The maximum atomic E-state index is 12.3. The van der Waals surface area contributed by atoms with Crippen molar-refractivity contribution in [3.05, 3.63) is 36.0 Å². The van der Waals surface area contributed by atoms with Gasteiger partial charge in [-0.2, -0.15) is 0 Å². The molecule has 1 aromatic carbocycles. The number of carbonyl (C=O) groups is 1. The zero-order valence-electron chi connectivity index (χ0n) is 11.4. The van der Waals surface area contributed by atoms with Crippen molar-refractivity contribution in [3.8, 4) is 0 Å². The number of nitrogens with one attached hydrogen (secondary N) is 2. The molecule has 0 spiro atoms. The number of fused-ring (bicyclic) bond motifs is 1. The quantitative estimate of drug-likeness (QED) is 0.839. The SMILES string of the molecule is CCCC(COC)NC(=O)c1cccc2cc[nH]c12. The second-order valence-electron chi connectivity index (χ2n) is 4.66. The Morgan fingerprint density at radius 3 is 3.00 bits per heavy atom. The van der Waals surface area contributed by atoms with Crippen LogP contribution in [0.25, 0.3) is 10.9 Å². The minimum absolute atomic E-state index is 0.0523. The first kappa shape index (κ1) is 13.6. The van der Waals surface area contributed by atoms with Crippen LogP contribution in [0, 0.1) is 0 Å². The molecular weight excluding hydrogens is 240 g/mol. The lowest BCUT2D eigenvalue weighted by molar-refractivity contribution is 0.0893. The number of aromatic amines is 1. The standard InChI is InChI=1S/C15H20N2O2/c1-3-5-12(10-19-2)17-15(18)13-7-4-6-11-8-9-16-14(11)13/h4,6-9,12,16H,3,5,10H2,1-2H3,(H,17,18). The first-order chi connectivity index (χ1) is 9.26. The highest BCUT2D eigenvalue weighted by atomic mass is 16.5. The van der Waals surface area contributed by atoms with Gasteiger partial charge in [-0.3, -0.25) is 4.79 Å². The zero-order valence-corrected chi connectivity index (χ0v) is 11.4. The van der Waals surface area contributed by atoms with Gasteiger partial charge < -0.3 is 15.0 Å². The van der Waals surface area contributed by atoms with Crippen molar-refractivity contribution >= 4 is 16.8 Å². The number of hydrogen-bond donors (Lipinski definition) is 2. The molecular formula is C15H20N2O2. The van der Waals surface area contributed by atoms with Gasteiger partial charge >= 0.3 is 0 Å². The van der Waals surface area contributed by atoms with E-state index in [1.807, 2.05) is 30.5 Å². The summed E-state index contributed by atoms with van der Waals surface area (Å²) in [6.07, 6.45) is 3.78. The molecule has 0 saturated heterocycles. The summed E-state index contributed by atoms with van der Waals surface area (Å²) in [5.74, 6) is -0.0523. The summed E-state index contributed by atoms with van der Waals surface area (Å²) in [5, 5.41) is 4.08. The van der Waals surface area contributed by atoms with Crippen molar-refractivity contribution in [1.29, 1.82) is 0 Å². The number of benzene rings is 1. The fourth-order valence-corrected chi connectivity index (χ4v) is 2.28. The zero-order chi connectivity index (χ0) is 13.7. The summed E-state index contributed by atoms with van der Waals surface area (Å²) in [6, 6.07) is 7.75. The Hall–Kier alpha value is -1.81. The van der Waals surface area contributed by atoms with Crippen LogP contribution in [0.4, 0.5) is 0 Å². The van der Waals surface area contributed by atoms with E-state index in [1.54, 1.807) is 7.11 Å². The molecule has 4 nitrogen and oxygen atoms in total. The Bertz CT molecular complexity index is 542. The molecule has 2 aromatic rings. The summed E-state index contributed by atoms with van der Waals surface area (Å²) in [7, 11) is 1.65. The maximum Gasteiger partial charge on any atom is 0.253 e. The number of aromatic nitrogens is 1. The summed E-state index contributed by atoms with van der Waals surface area (Å²) in [6.45, 7) is 2.64. The molecule has 0 bridgehead atoms. The number of H-pyrrole nitrogens is 1. The molecule has 102 valence electrons. The number of para-hydroxylation sites is 1. The van der Waals surface area contributed by atoms with Crippen LogP contribution in [0.15, 0.2) is 30.5 Å². The summed E-state index contributed by atoms with van der Waals surface area (Å²) in [4.78, 5) is 15.4. The van der Waals surface area contributed by atoms with E-state index in [0.29, 0.717) is 12.2 Å². The van der Waals surface area contributed by atoms with Crippen LogP contribution >= 0.6 is 0 Å². The Balaban J connectivity index is 2.16. The van der Waals surface area contributed by atoms with E-state index < -0.39 is 0 Å². The van der Waals surface area contributed by atoms with Gasteiger partial charge in [-0.15, -0.1) is 0 Å². The van der Waals surface area contributed by atoms with E-state index in [9.17, 15) is 4.79 Å². The fraction of sp³-hybridized carbons (Fsp3) is 0.400. The van der Waals surface area contributed by atoms with Crippen LogP contribution in [0.5, 0.6) is 0 Å². The van der Waals surface area contributed by atoms with Gasteiger partial charge in [0.15, 0.2) is 0 Å². The Morgan fingerprint density at radius 2 is 2.26 bits per heavy atom. The van der Waals surface area contributed by atoms with Crippen LogP contribution in [0.3, 0.4) is 0 Å². The molecule has 19 heavy (non-hydrogen) atoms. The van der Waals surface area contributed by atoms with Crippen LogP contribution in [-0.2, 0) is 4.74 Å². The summed E-state index contributed by atoms with van der Waals surface area (Å²) < 4.78 is 5.14. The van der Waals surface area contributed by atoms with Gasteiger partial charge in [-0.05, 0) is 18.6 Å². The molecule has 4 heteroatoms. The predicted molar refractivity (Wildman–Crippen MR) is 76.3 cm³/mol. The molecule has 1 amide bonds. The second kappa shape index (κ2) is 6.38. The van der Waals surface area contributed by atoms with E-state index in [1.165, 1.54) is 0 Å². The molecule has 2 rings (SSSR count). The van der Waals surface area contributed by atoms with Crippen molar-refractivity contribution in [2.24, 2.45) is 0 Å². The van der Waals surface area contributed by atoms with Crippen molar-refractivity contribution in [1.82, 2.24) is 10.3 Å². The highest BCUT2D eigenvalue weighted by Crippen LogP contribution is 2.17. The highest BCUT2D eigenvalue weighted by molar-refractivity contribution is 6.05. The largest absolute Gasteiger partial charge is 0.383 e. The Labute approximate surface area is 113 Å². The van der Waals surface area contributed by atoms with Crippen LogP contribution in [-0.4, -0.2) is 30.6 Å². The van der Waals surface area contributed by atoms with Gasteiger partial charge in [0.1, 0.15) is 0 Å². The lowest BCUT2D eigenvalue weighted by Gasteiger charge is -2.17. The molecule has 0 radical (unpaired) electrons. The molecule has 0 aliphatic heterocycles. The molecule has 1 unspecified atom stereocenters. The third-order valence-corrected chi connectivity index (χ3v) is 3.17. The minimum Gasteiger partial charge on any atom is -0.383 e. The van der Waals surface area contributed by atoms with Crippen molar-refractivity contribution in [2.75, 3.05) is 13.7 Å². The van der Waals surface area contributed by atoms with Crippen molar-refractivity contribution in [3.63, 3.8) is 0 Å². The van der Waals surface area contributed by atoms with Gasteiger partial charge in [0, 0.05) is 18.7 Å². The molecule has 0 saturated carbocycles. The first-order valence-corrected chi connectivity index (χ1v) is 6.62. The maximum absolute atomic E-state index is 12.3. The fourth-order valence-electron chi connectivity index (χ4n) is 2.28. The van der Waals surface area contributed by atoms with Crippen molar-refractivity contribution in [2.45, 2.75) is 25.8 Å². The highest BCUT2D eigenvalue weighted by Gasteiger charge is 2.15. The number of carbonyl (C=O) groups excluding carboxylic acids is 1. The Morgan fingerprint density at radius 1 is 1.42 bits per heavy atom. The second-order valence-corrected chi connectivity index (χ2v) is 4.66. The lowest BCUT2D eigenvalue weighted by Crippen LogP contribution is -2.38. The number of amides is 1. The number of hydrogen-bond acceptors (Lipinski definition) is 2. The minimum atomic E-state index is -0.0523. The first-order valence-electron chi connectivity index (χ1n) is 6.62. The predicted octanol–water partition coefficient (Wildman–Crippen LogP) is 2.71. The monoisotopic (exact) mass is 260 g/mol. The number of methoxy groups -OCH3 is 1. The molecule has 1 atom stereocenters. The third-order valence-electron chi connectivity index (χ3n) is 3.17. The van der Waals surface area contributed by atoms with E-state index >= 15 is 0 Å². The van der Waals surface area contributed by atoms with Crippen LogP contribution in [0.1, 0.15) is 30.1 Å². The van der Waals surface area contributed by atoms with E-state index in [4.69, 9.17) is 4.74 Å². The molecule has 0 aliphatic carbocycles. The van der Waals surface area contributed by atoms with E-state index in [2.05, 4.69) is 17.2 Å². The molecule has 1 aromatic heterocycles. The average Bonchev–Trinajstić information content (AvgIpc) is 2.87. The smallest absolute Gasteiger partial charge is 0.253 e. The lowest BCUT2D eigenvalue weighted by atomic mass is 10.1. The molecule has 1 heterocycles.